The molecule has 2 aromatic rings. The molecule has 112 valence electrons. The number of alkyl halides is 1. The summed E-state index contributed by atoms with van der Waals surface area (Å²) in [5, 5.41) is 18.1. The number of hydrogen-bond acceptors (Lipinski definition) is 4. The minimum absolute atomic E-state index is 0.0144. The zero-order valence-corrected chi connectivity index (χ0v) is 11.9. The van der Waals surface area contributed by atoms with Crippen LogP contribution in [0.15, 0.2) is 18.3 Å². The molecule has 0 aliphatic carbocycles. The molecule has 1 atom stereocenters. The highest BCUT2D eigenvalue weighted by Gasteiger charge is 2.31. The summed E-state index contributed by atoms with van der Waals surface area (Å²) in [4.78, 5) is 13.6. The van der Waals surface area contributed by atoms with Crippen LogP contribution >= 0.6 is 0 Å². The van der Waals surface area contributed by atoms with Crippen LogP contribution in [0.5, 0.6) is 0 Å². The summed E-state index contributed by atoms with van der Waals surface area (Å²) in [7, 11) is 0. The van der Waals surface area contributed by atoms with Gasteiger partial charge in [-0.25, -0.2) is 4.39 Å². The van der Waals surface area contributed by atoms with Crippen LogP contribution in [0.4, 0.5) is 4.39 Å². The smallest absolute Gasteiger partial charge is 0.255 e. The monoisotopic (exact) mass is 292 g/mol. The number of aliphatic hydroxyl groups excluding tert-OH is 1. The first-order valence-electron chi connectivity index (χ1n) is 6.93. The Hall–Kier alpha value is -2.02. The van der Waals surface area contributed by atoms with Gasteiger partial charge in [0.1, 0.15) is 12.3 Å². The Bertz CT molecular complexity index is 679. The second-order valence-electron chi connectivity index (χ2n) is 5.70. The lowest BCUT2D eigenvalue weighted by Gasteiger charge is -2.34. The molecule has 0 spiro atoms. The maximum Gasteiger partial charge on any atom is 0.255 e. The summed E-state index contributed by atoms with van der Waals surface area (Å²) in [5.74, 6) is 0.172. The Morgan fingerprint density at radius 3 is 2.71 bits per heavy atom. The minimum Gasteiger partial charge on any atom is -0.385 e. The Kier molecular flexibility index (Phi) is 3.36. The Morgan fingerprint density at radius 1 is 1.38 bits per heavy atom. The predicted octanol–water partition coefficient (Wildman–Crippen LogP) is 1.21. The van der Waals surface area contributed by atoms with Gasteiger partial charge in [0.05, 0.1) is 18.7 Å². The van der Waals surface area contributed by atoms with Crippen molar-refractivity contribution < 1.29 is 14.3 Å². The molecule has 0 bridgehead atoms. The third kappa shape index (κ3) is 2.37. The number of halogens is 1. The highest BCUT2D eigenvalue weighted by Crippen LogP contribution is 2.22. The van der Waals surface area contributed by atoms with E-state index in [4.69, 9.17) is 0 Å². The number of pyridine rings is 1. The zero-order chi connectivity index (χ0) is 15.1. The molecule has 0 aromatic carbocycles. The molecule has 2 aromatic heterocycles. The van der Waals surface area contributed by atoms with Crippen LogP contribution in [0, 0.1) is 5.92 Å². The second-order valence-corrected chi connectivity index (χ2v) is 5.70. The summed E-state index contributed by atoms with van der Waals surface area (Å²) < 4.78 is 14.5. The maximum absolute atomic E-state index is 12.9. The van der Waals surface area contributed by atoms with Crippen molar-refractivity contribution in [2.45, 2.75) is 26.1 Å². The van der Waals surface area contributed by atoms with E-state index in [2.05, 4.69) is 10.2 Å². The van der Waals surface area contributed by atoms with E-state index in [9.17, 15) is 14.3 Å². The van der Waals surface area contributed by atoms with E-state index in [1.807, 2.05) is 13.8 Å². The van der Waals surface area contributed by atoms with Gasteiger partial charge in [0.25, 0.3) is 5.91 Å². The fourth-order valence-electron chi connectivity index (χ4n) is 2.31. The summed E-state index contributed by atoms with van der Waals surface area (Å²) in [6, 6.07) is 3.31. The number of amides is 1. The molecule has 1 amide bonds. The van der Waals surface area contributed by atoms with E-state index in [0.717, 1.165) is 0 Å². The summed E-state index contributed by atoms with van der Waals surface area (Å²) in [6.45, 7) is 4.03. The van der Waals surface area contributed by atoms with E-state index in [0.29, 0.717) is 17.0 Å². The number of likely N-dealkylation sites (tertiary alicyclic amines) is 1. The fraction of sp³-hybridized carbons (Fsp3) is 0.500. The van der Waals surface area contributed by atoms with Gasteiger partial charge < -0.3 is 10.0 Å². The molecule has 7 heteroatoms. The Balaban J connectivity index is 1.95. The van der Waals surface area contributed by atoms with Gasteiger partial charge in [-0.3, -0.25) is 9.20 Å². The molecular weight excluding hydrogens is 275 g/mol. The average molecular weight is 292 g/mol. The van der Waals surface area contributed by atoms with Crippen molar-refractivity contribution in [2.75, 3.05) is 13.1 Å². The first-order valence-corrected chi connectivity index (χ1v) is 6.93. The molecule has 21 heavy (non-hydrogen) atoms. The highest BCUT2D eigenvalue weighted by molar-refractivity contribution is 5.94. The number of carbonyl (C=O) groups excluding carboxylic acids is 1. The van der Waals surface area contributed by atoms with Gasteiger partial charge in [-0.2, -0.15) is 0 Å². The van der Waals surface area contributed by atoms with Gasteiger partial charge in [-0.05, 0) is 18.1 Å². The lowest BCUT2D eigenvalue weighted by molar-refractivity contribution is 0.0399. The van der Waals surface area contributed by atoms with Crippen molar-refractivity contribution in [2.24, 2.45) is 5.92 Å². The van der Waals surface area contributed by atoms with Crippen LogP contribution in [-0.2, 0) is 0 Å². The molecule has 1 saturated heterocycles. The Morgan fingerprint density at radius 2 is 2.10 bits per heavy atom. The van der Waals surface area contributed by atoms with Crippen LogP contribution in [-0.4, -0.2) is 49.8 Å². The van der Waals surface area contributed by atoms with Crippen molar-refractivity contribution in [1.29, 1.82) is 0 Å². The molecule has 1 aliphatic heterocycles. The molecule has 1 unspecified atom stereocenters. The molecule has 6 nitrogen and oxygen atoms in total. The number of hydrogen-bond donors (Lipinski definition) is 1. The topological polar surface area (TPSA) is 70.7 Å². The second kappa shape index (κ2) is 5.07. The molecular formula is C14H17FN4O2. The van der Waals surface area contributed by atoms with Crippen molar-refractivity contribution in [3.8, 4) is 0 Å². The van der Waals surface area contributed by atoms with Crippen molar-refractivity contribution in [3.63, 3.8) is 0 Å². The normalized spacial score (nSPS) is 17.3. The third-order valence-electron chi connectivity index (χ3n) is 3.70. The summed E-state index contributed by atoms with van der Waals surface area (Å²) in [6.07, 6.45) is -0.0834. The van der Waals surface area contributed by atoms with Crippen LogP contribution in [0.2, 0.25) is 0 Å². The molecule has 1 aliphatic rings. The molecule has 3 rings (SSSR count). The van der Waals surface area contributed by atoms with Gasteiger partial charge in [0.2, 0.25) is 0 Å². The number of aromatic nitrogens is 3. The first-order chi connectivity index (χ1) is 9.97. The molecule has 1 fully saturated rings. The lowest BCUT2D eigenvalue weighted by Crippen LogP contribution is -2.51. The van der Waals surface area contributed by atoms with Crippen LogP contribution < -0.4 is 0 Å². The summed E-state index contributed by atoms with van der Waals surface area (Å²) >= 11 is 0. The zero-order valence-electron chi connectivity index (χ0n) is 11.9. The van der Waals surface area contributed by atoms with Gasteiger partial charge in [0, 0.05) is 6.20 Å². The van der Waals surface area contributed by atoms with E-state index < -0.39 is 12.3 Å². The number of rotatable bonds is 3. The number of nitrogens with zero attached hydrogens (tertiary/aromatic N) is 4. The van der Waals surface area contributed by atoms with Crippen LogP contribution in [0.1, 0.15) is 36.1 Å². The quantitative estimate of drug-likeness (QED) is 0.923. The SMILES string of the molecule is CC(C)C(O)c1nnc2ccc(C(=O)N3CC(F)C3)cn12. The van der Waals surface area contributed by atoms with E-state index in [1.165, 1.54) is 4.90 Å². The van der Waals surface area contributed by atoms with E-state index in [1.54, 1.807) is 22.7 Å². The van der Waals surface area contributed by atoms with Gasteiger partial charge in [-0.15, -0.1) is 10.2 Å². The average Bonchev–Trinajstić information content (AvgIpc) is 2.85. The standard InChI is InChI=1S/C14H17FN4O2/c1-8(2)12(20)13-17-16-11-4-3-9(5-19(11)13)14(21)18-6-10(15)7-18/h3-5,8,10,12,20H,6-7H2,1-2H3. The van der Waals surface area contributed by atoms with E-state index in [-0.39, 0.29) is 24.9 Å². The van der Waals surface area contributed by atoms with Crippen molar-refractivity contribution >= 4 is 11.6 Å². The van der Waals surface area contributed by atoms with E-state index >= 15 is 0 Å². The van der Waals surface area contributed by atoms with Crippen molar-refractivity contribution in [3.05, 3.63) is 29.7 Å². The molecule has 0 saturated carbocycles. The number of fused-ring (bicyclic) bond motifs is 1. The molecule has 1 N–H and O–H groups in total. The largest absolute Gasteiger partial charge is 0.385 e. The molecule has 3 heterocycles. The summed E-state index contributed by atoms with van der Waals surface area (Å²) in [5.41, 5.74) is 1.000. The number of carbonyl (C=O) groups is 1. The van der Waals surface area contributed by atoms with Crippen LogP contribution in [0.25, 0.3) is 5.65 Å². The van der Waals surface area contributed by atoms with Crippen molar-refractivity contribution in [1.82, 2.24) is 19.5 Å². The maximum atomic E-state index is 12.9. The third-order valence-corrected chi connectivity index (χ3v) is 3.70. The lowest BCUT2D eigenvalue weighted by atomic mass is 10.1. The van der Waals surface area contributed by atoms with Gasteiger partial charge in [0.15, 0.2) is 11.5 Å². The van der Waals surface area contributed by atoms with Gasteiger partial charge in [-0.1, -0.05) is 13.8 Å². The van der Waals surface area contributed by atoms with Gasteiger partial charge >= 0.3 is 0 Å². The van der Waals surface area contributed by atoms with Crippen LogP contribution in [0.3, 0.4) is 0 Å². The highest BCUT2D eigenvalue weighted by atomic mass is 19.1. The Labute approximate surface area is 121 Å². The fourth-order valence-corrected chi connectivity index (χ4v) is 2.31. The minimum atomic E-state index is -0.925. The first kappa shape index (κ1) is 13.9. The number of aliphatic hydroxyl groups is 1. The predicted molar refractivity (Wildman–Crippen MR) is 73.6 cm³/mol. The molecule has 0 radical (unpaired) electrons.